The van der Waals surface area contributed by atoms with Crippen LogP contribution in [-0.2, 0) is 22.6 Å². The highest BCUT2D eigenvalue weighted by atomic mass is 16.5. The molecule has 0 bridgehead atoms. The minimum Gasteiger partial charge on any atom is -0.497 e. The van der Waals surface area contributed by atoms with E-state index in [0.717, 1.165) is 24.8 Å². The molecule has 232 valence electrons. The van der Waals surface area contributed by atoms with Gasteiger partial charge < -0.3 is 44.5 Å². The number of aliphatic hydroxyl groups excluding tert-OH is 3. The van der Waals surface area contributed by atoms with E-state index in [1.165, 1.54) is 7.11 Å². The number of carbonyl (C=O) groups excluding carboxylic acids is 2. The van der Waals surface area contributed by atoms with Crippen molar-refractivity contribution in [2.24, 2.45) is 5.92 Å². The molecule has 11 heteroatoms. The lowest BCUT2D eigenvalue weighted by atomic mass is 9.76. The number of fused-ring (bicyclic) bond motifs is 3. The quantitative estimate of drug-likeness (QED) is 0.288. The lowest BCUT2D eigenvalue weighted by Gasteiger charge is -2.43. The van der Waals surface area contributed by atoms with E-state index in [2.05, 4.69) is 5.32 Å². The zero-order chi connectivity index (χ0) is 30.7. The first-order valence-electron chi connectivity index (χ1n) is 14.6. The molecule has 2 aromatic rings. The average molecular weight is 597 g/mol. The lowest BCUT2D eigenvalue weighted by molar-refractivity contribution is -0.144. The Morgan fingerprint density at radius 3 is 2.44 bits per heavy atom. The van der Waals surface area contributed by atoms with E-state index in [9.17, 15) is 24.9 Å². The Balaban J connectivity index is 1.55. The fraction of sp³-hybridized carbons (Fsp3) is 0.500. The first-order chi connectivity index (χ1) is 20.8. The van der Waals surface area contributed by atoms with Crippen LogP contribution in [0.15, 0.2) is 42.0 Å². The molecular weight excluding hydrogens is 556 g/mol. The van der Waals surface area contributed by atoms with Crippen LogP contribution < -0.4 is 24.3 Å². The molecule has 4 N–H and O–H groups in total. The van der Waals surface area contributed by atoms with Gasteiger partial charge in [0, 0.05) is 30.1 Å². The highest BCUT2D eigenvalue weighted by molar-refractivity contribution is 5.96. The van der Waals surface area contributed by atoms with Crippen LogP contribution in [0.25, 0.3) is 0 Å². The molecule has 0 saturated heterocycles. The smallest absolute Gasteiger partial charge is 0.247 e. The van der Waals surface area contributed by atoms with Gasteiger partial charge in [-0.3, -0.25) is 9.59 Å². The Morgan fingerprint density at radius 1 is 1.05 bits per heavy atom. The molecule has 11 nitrogen and oxygen atoms in total. The van der Waals surface area contributed by atoms with Gasteiger partial charge in [-0.1, -0.05) is 6.42 Å². The zero-order valence-electron chi connectivity index (χ0n) is 24.7. The van der Waals surface area contributed by atoms with Gasteiger partial charge in [-0.05, 0) is 66.8 Å². The molecule has 0 radical (unpaired) electrons. The summed E-state index contributed by atoms with van der Waals surface area (Å²) in [5.74, 6) is 0.710. The number of nitrogens with zero attached hydrogens (tertiary/aromatic N) is 1. The van der Waals surface area contributed by atoms with E-state index in [1.54, 1.807) is 43.4 Å². The lowest BCUT2D eigenvalue weighted by Crippen LogP contribution is -2.57. The number of hydrogen-bond donors (Lipinski definition) is 4. The Bertz CT molecular complexity index is 1370. The second-order valence-electron chi connectivity index (χ2n) is 11.1. The van der Waals surface area contributed by atoms with Crippen molar-refractivity contribution in [1.82, 2.24) is 10.2 Å². The van der Waals surface area contributed by atoms with Crippen molar-refractivity contribution in [3.63, 3.8) is 0 Å². The molecule has 0 aromatic heterocycles. The maximum absolute atomic E-state index is 13.9. The largest absolute Gasteiger partial charge is 0.497 e. The third-order valence-corrected chi connectivity index (χ3v) is 8.70. The maximum Gasteiger partial charge on any atom is 0.247 e. The summed E-state index contributed by atoms with van der Waals surface area (Å²) in [6.07, 6.45) is 2.50. The van der Waals surface area contributed by atoms with Crippen molar-refractivity contribution in [3.8, 4) is 23.0 Å². The van der Waals surface area contributed by atoms with E-state index in [-0.39, 0.29) is 38.1 Å². The highest BCUT2D eigenvalue weighted by Crippen LogP contribution is 2.51. The molecular formula is C32H40N2O9. The van der Waals surface area contributed by atoms with Gasteiger partial charge in [0.05, 0.1) is 46.5 Å². The van der Waals surface area contributed by atoms with Crippen molar-refractivity contribution in [2.45, 2.75) is 56.5 Å². The van der Waals surface area contributed by atoms with Gasteiger partial charge in [-0.15, -0.1) is 0 Å². The van der Waals surface area contributed by atoms with E-state index in [0.29, 0.717) is 46.1 Å². The van der Waals surface area contributed by atoms with Crippen LogP contribution in [0.4, 0.5) is 0 Å². The molecule has 4 unspecified atom stereocenters. The average Bonchev–Trinajstić information content (AvgIpc) is 3.39. The van der Waals surface area contributed by atoms with Gasteiger partial charge in [0.15, 0.2) is 11.5 Å². The normalized spacial score (nSPS) is 22.3. The van der Waals surface area contributed by atoms with Crippen LogP contribution in [0.1, 0.15) is 41.9 Å². The van der Waals surface area contributed by atoms with Crippen molar-refractivity contribution in [2.75, 3.05) is 41.0 Å². The second-order valence-corrected chi connectivity index (χ2v) is 11.1. The Kier molecular flexibility index (Phi) is 9.43. The third-order valence-electron chi connectivity index (χ3n) is 8.70. The molecule has 1 saturated carbocycles. The Morgan fingerprint density at radius 2 is 1.81 bits per heavy atom. The summed E-state index contributed by atoms with van der Waals surface area (Å²) in [6, 6.07) is 8.02. The SMILES string of the molecule is COc1ccc(OC)c(CCN(C(=O)C2CCC2)C2C=C(C(=O)NCCO)C3c4cc(CO)cc(OC)c4OC3C2O)c1. The summed E-state index contributed by atoms with van der Waals surface area (Å²) in [5.41, 5.74) is 2.33. The summed E-state index contributed by atoms with van der Waals surface area (Å²) in [5, 5.41) is 33.9. The number of ether oxygens (including phenoxy) is 4. The molecule has 3 aliphatic rings. The van der Waals surface area contributed by atoms with Crippen LogP contribution in [-0.4, -0.2) is 91.3 Å². The summed E-state index contributed by atoms with van der Waals surface area (Å²) in [6.45, 7) is -0.206. The summed E-state index contributed by atoms with van der Waals surface area (Å²) in [4.78, 5) is 29.1. The minimum absolute atomic E-state index is 0.0366. The van der Waals surface area contributed by atoms with Crippen molar-refractivity contribution in [1.29, 1.82) is 0 Å². The van der Waals surface area contributed by atoms with E-state index >= 15 is 0 Å². The molecule has 1 heterocycles. The number of aliphatic hydroxyl groups is 3. The van der Waals surface area contributed by atoms with Crippen LogP contribution in [0.3, 0.4) is 0 Å². The van der Waals surface area contributed by atoms with Gasteiger partial charge in [0.25, 0.3) is 0 Å². The topological polar surface area (TPSA) is 147 Å². The summed E-state index contributed by atoms with van der Waals surface area (Å²) < 4.78 is 22.8. The molecule has 1 aliphatic heterocycles. The molecule has 5 rings (SSSR count). The zero-order valence-corrected chi connectivity index (χ0v) is 24.7. The number of methoxy groups -OCH3 is 3. The molecule has 1 fully saturated rings. The van der Waals surface area contributed by atoms with Crippen molar-refractivity contribution >= 4 is 11.8 Å². The first kappa shape index (κ1) is 30.7. The van der Waals surface area contributed by atoms with Gasteiger partial charge in [-0.2, -0.15) is 0 Å². The number of nitrogens with one attached hydrogen (secondary N) is 1. The third kappa shape index (κ3) is 5.89. The van der Waals surface area contributed by atoms with Gasteiger partial charge in [-0.25, -0.2) is 0 Å². The number of benzene rings is 2. The van der Waals surface area contributed by atoms with E-state index < -0.39 is 30.1 Å². The van der Waals surface area contributed by atoms with E-state index in [4.69, 9.17) is 18.9 Å². The Labute approximate surface area is 251 Å². The van der Waals surface area contributed by atoms with Crippen molar-refractivity contribution < 1.29 is 43.9 Å². The maximum atomic E-state index is 13.9. The molecule has 4 atom stereocenters. The van der Waals surface area contributed by atoms with E-state index in [1.807, 2.05) is 12.1 Å². The van der Waals surface area contributed by atoms with Crippen LogP contribution in [0.2, 0.25) is 0 Å². The van der Waals surface area contributed by atoms with Crippen LogP contribution >= 0.6 is 0 Å². The first-order valence-corrected chi connectivity index (χ1v) is 14.6. The number of hydrogen-bond acceptors (Lipinski definition) is 9. The second kappa shape index (κ2) is 13.2. The predicted molar refractivity (Wildman–Crippen MR) is 156 cm³/mol. The van der Waals surface area contributed by atoms with Crippen LogP contribution in [0.5, 0.6) is 23.0 Å². The monoisotopic (exact) mass is 596 g/mol. The summed E-state index contributed by atoms with van der Waals surface area (Å²) >= 11 is 0. The van der Waals surface area contributed by atoms with Gasteiger partial charge in [0.2, 0.25) is 11.8 Å². The summed E-state index contributed by atoms with van der Waals surface area (Å²) in [7, 11) is 4.65. The molecule has 2 amide bonds. The molecule has 2 aromatic carbocycles. The predicted octanol–water partition coefficient (Wildman–Crippen LogP) is 1.70. The molecule has 0 spiro atoms. The van der Waals surface area contributed by atoms with Crippen molar-refractivity contribution in [3.05, 3.63) is 58.7 Å². The number of rotatable bonds is 12. The molecule has 43 heavy (non-hydrogen) atoms. The Hall–Kier alpha value is -3.80. The highest BCUT2D eigenvalue weighted by Gasteiger charge is 2.52. The number of carbonyl (C=O) groups is 2. The molecule has 2 aliphatic carbocycles. The fourth-order valence-electron chi connectivity index (χ4n) is 6.23. The number of amides is 2. The fourth-order valence-corrected chi connectivity index (χ4v) is 6.23. The van der Waals surface area contributed by atoms with Crippen LogP contribution in [0, 0.1) is 5.92 Å². The minimum atomic E-state index is -1.18. The van der Waals surface area contributed by atoms with Gasteiger partial charge in [0.1, 0.15) is 23.7 Å². The standard InChI is InChI=1S/C32H40N2O9/c1-40-21-7-8-25(41-2)20(15-21)9-11-34(32(39)19-5-4-6-19)24-16-23(31(38)33-10-12-35)27-22-13-18(17-36)14-26(42-3)29(22)43-30(27)28(24)37/h7-8,13-16,19,24,27-28,30,35-37H,4-6,9-12,17H2,1-3H3,(H,33,38). The van der Waals surface area contributed by atoms with Gasteiger partial charge >= 0.3 is 0 Å².